The number of ether oxygens (including phenoxy) is 3. The summed E-state index contributed by atoms with van der Waals surface area (Å²) in [5.41, 5.74) is -1.39. The second kappa shape index (κ2) is 18.6. The summed E-state index contributed by atoms with van der Waals surface area (Å²) in [7, 11) is 0. The van der Waals surface area contributed by atoms with Crippen LogP contribution in [0.2, 0.25) is 10.0 Å². The van der Waals surface area contributed by atoms with Gasteiger partial charge >= 0.3 is 18.2 Å². The summed E-state index contributed by atoms with van der Waals surface area (Å²) in [6, 6.07) is 9.15. The monoisotopic (exact) mass is 762 g/mol. The Bertz CT molecular complexity index is 1660. The van der Waals surface area contributed by atoms with Gasteiger partial charge in [-0.25, -0.2) is 14.4 Å². The van der Waals surface area contributed by atoms with Crippen LogP contribution in [0.15, 0.2) is 47.5 Å². The van der Waals surface area contributed by atoms with Crippen LogP contribution in [0, 0.1) is 0 Å². The average molecular weight is 764 g/mol. The number of anilines is 1. The van der Waals surface area contributed by atoms with Gasteiger partial charge in [0.2, 0.25) is 11.9 Å². The number of carbonyl (C=O) groups excluding carboxylic acids is 6. The van der Waals surface area contributed by atoms with Crippen LogP contribution < -0.4 is 26.6 Å². The first-order valence-corrected chi connectivity index (χ1v) is 17.2. The topological polar surface area (TPSA) is 203 Å². The third-order valence-corrected chi connectivity index (χ3v) is 7.51. The van der Waals surface area contributed by atoms with Crippen molar-refractivity contribution in [3.8, 4) is 0 Å². The van der Waals surface area contributed by atoms with Crippen LogP contribution in [-0.2, 0) is 23.8 Å². The summed E-state index contributed by atoms with van der Waals surface area (Å²) in [5, 5.41) is 12.8. The van der Waals surface area contributed by atoms with Crippen LogP contribution in [0.4, 0.5) is 15.3 Å². The van der Waals surface area contributed by atoms with E-state index in [1.807, 2.05) is 0 Å². The minimum Gasteiger partial charge on any atom is -0.461 e. The fourth-order valence-electron chi connectivity index (χ4n) is 4.67. The molecule has 3 rings (SSSR count). The highest BCUT2D eigenvalue weighted by molar-refractivity contribution is 6.39. The van der Waals surface area contributed by atoms with E-state index < -0.39 is 59.7 Å². The number of rotatable bonds is 10. The highest BCUT2D eigenvalue weighted by atomic mass is 35.5. The minimum absolute atomic E-state index is 0.0383. The Morgan fingerprint density at radius 1 is 0.846 bits per heavy atom. The summed E-state index contributed by atoms with van der Waals surface area (Å²) >= 11 is 12.3. The number of alkyl carbamates (subject to hydrolysis) is 1. The van der Waals surface area contributed by atoms with Crippen LogP contribution in [0.1, 0.15) is 87.9 Å². The summed E-state index contributed by atoms with van der Waals surface area (Å²) in [6.45, 7) is 9.09. The maximum atomic E-state index is 13.1. The number of hydrogen-bond acceptors (Lipinski definition) is 9. The standard InChI is InChI=1S/C35H44Cl2N6O9/c1-34(2,3)51-32(48)42-31(43-33(49)52-35(4,5)6)40-21-12-9-11-20(17-21)28(45)39-19-26(44)38-18-25(30(47)50-22-13-7-8-14-22)41-29(46)27-23(36)15-10-16-24(27)37/h9-12,15-17,22,25H,7-8,13-14,18-19H2,1-6H3,(H,38,44)(H,39,45)(H,41,46)(H2,40,42,43,48,49)/t25-/m0/s1. The van der Waals surface area contributed by atoms with Gasteiger partial charge < -0.3 is 35.5 Å². The van der Waals surface area contributed by atoms with E-state index in [0.717, 1.165) is 12.8 Å². The van der Waals surface area contributed by atoms with Gasteiger partial charge in [0.15, 0.2) is 0 Å². The number of benzene rings is 2. The highest BCUT2D eigenvalue weighted by Crippen LogP contribution is 2.25. The van der Waals surface area contributed by atoms with Crippen molar-refractivity contribution in [2.24, 2.45) is 4.99 Å². The van der Waals surface area contributed by atoms with Crippen LogP contribution >= 0.6 is 23.2 Å². The van der Waals surface area contributed by atoms with E-state index in [0.29, 0.717) is 12.8 Å². The predicted octanol–water partition coefficient (Wildman–Crippen LogP) is 5.35. The minimum atomic E-state index is -1.28. The molecule has 282 valence electrons. The van der Waals surface area contributed by atoms with Gasteiger partial charge in [-0.3, -0.25) is 19.7 Å². The molecule has 52 heavy (non-hydrogen) atoms. The first kappa shape index (κ1) is 41.5. The average Bonchev–Trinajstić information content (AvgIpc) is 3.53. The largest absolute Gasteiger partial charge is 0.461 e. The molecule has 1 aliphatic carbocycles. The third kappa shape index (κ3) is 14.4. The molecule has 1 fully saturated rings. The number of carbonyl (C=O) groups is 6. The van der Waals surface area contributed by atoms with Crippen molar-refractivity contribution in [3.05, 3.63) is 63.6 Å². The van der Waals surface area contributed by atoms with E-state index in [9.17, 15) is 28.8 Å². The number of nitrogens with one attached hydrogen (secondary N) is 5. The fourth-order valence-corrected chi connectivity index (χ4v) is 5.24. The summed E-state index contributed by atoms with van der Waals surface area (Å²) < 4.78 is 16.0. The number of esters is 1. The van der Waals surface area contributed by atoms with Crippen LogP contribution in [-0.4, -0.2) is 78.3 Å². The lowest BCUT2D eigenvalue weighted by Crippen LogP contribution is -2.51. The molecule has 15 nitrogen and oxygen atoms in total. The highest BCUT2D eigenvalue weighted by Gasteiger charge is 2.29. The smallest absolute Gasteiger partial charge is 0.437 e. The summed E-state index contributed by atoms with van der Waals surface area (Å²) in [6.07, 6.45) is 0.998. The quantitative estimate of drug-likeness (QED) is 0.0909. The van der Waals surface area contributed by atoms with E-state index in [2.05, 4.69) is 31.6 Å². The molecule has 0 heterocycles. The zero-order valence-electron chi connectivity index (χ0n) is 29.8. The molecular formula is C35H44Cl2N6O9. The molecular weight excluding hydrogens is 719 g/mol. The van der Waals surface area contributed by atoms with Crippen molar-refractivity contribution in [3.63, 3.8) is 0 Å². The van der Waals surface area contributed by atoms with Crippen molar-refractivity contribution < 1.29 is 43.0 Å². The number of nitrogens with zero attached hydrogens (tertiary/aromatic N) is 1. The first-order chi connectivity index (χ1) is 24.3. The number of aliphatic imine (C=N–C) groups is 1. The Balaban J connectivity index is 1.65. The Morgan fingerprint density at radius 2 is 1.46 bits per heavy atom. The molecule has 1 atom stereocenters. The van der Waals surface area contributed by atoms with Gasteiger partial charge in [0.25, 0.3) is 11.8 Å². The van der Waals surface area contributed by atoms with Crippen LogP contribution in [0.3, 0.4) is 0 Å². The lowest BCUT2D eigenvalue weighted by Gasteiger charge is -2.21. The van der Waals surface area contributed by atoms with Gasteiger partial charge in [0.05, 0.1) is 22.2 Å². The van der Waals surface area contributed by atoms with Crippen LogP contribution in [0.5, 0.6) is 0 Å². The van der Waals surface area contributed by atoms with E-state index in [4.69, 9.17) is 37.4 Å². The van der Waals surface area contributed by atoms with Crippen LogP contribution in [0.25, 0.3) is 0 Å². The van der Waals surface area contributed by atoms with Gasteiger partial charge in [0.1, 0.15) is 23.3 Å². The van der Waals surface area contributed by atoms with Crippen molar-refractivity contribution in [1.29, 1.82) is 0 Å². The Kier molecular flexibility index (Phi) is 14.8. The van der Waals surface area contributed by atoms with Crippen molar-refractivity contribution in [2.75, 3.05) is 18.4 Å². The molecule has 0 unspecified atom stereocenters. The lowest BCUT2D eigenvalue weighted by atomic mass is 10.2. The van der Waals surface area contributed by atoms with E-state index >= 15 is 0 Å². The van der Waals surface area contributed by atoms with Gasteiger partial charge in [-0.15, -0.1) is 4.99 Å². The maximum Gasteiger partial charge on any atom is 0.437 e. The number of amides is 5. The number of halogens is 2. The molecule has 0 saturated heterocycles. The normalized spacial score (nSPS) is 14.0. The SMILES string of the molecule is CC(C)(C)OC(=O)/N=C(\NC(=O)OC(C)(C)C)Nc1cccc(C(=O)NCC(=O)NC[C@H](NC(=O)c2c(Cl)cccc2Cl)C(=O)OC2CCCC2)c1. The molecule has 5 N–H and O–H groups in total. The molecule has 17 heteroatoms. The van der Waals surface area contributed by atoms with Gasteiger partial charge in [-0.05, 0) is 97.6 Å². The lowest BCUT2D eigenvalue weighted by molar-refractivity contribution is -0.151. The second-order valence-corrected chi connectivity index (χ2v) is 14.5. The van der Waals surface area contributed by atoms with Crippen molar-refractivity contribution >= 4 is 70.7 Å². The Morgan fingerprint density at radius 3 is 2.08 bits per heavy atom. The molecule has 0 aromatic heterocycles. The molecule has 1 aliphatic rings. The Hall–Kier alpha value is -4.89. The molecule has 5 amide bonds. The van der Waals surface area contributed by atoms with E-state index in [1.54, 1.807) is 53.7 Å². The molecule has 0 bridgehead atoms. The number of guanidine groups is 1. The molecule has 0 aliphatic heterocycles. The summed E-state index contributed by atoms with van der Waals surface area (Å²) in [5.74, 6) is -3.12. The molecule has 0 spiro atoms. The summed E-state index contributed by atoms with van der Waals surface area (Å²) in [4.78, 5) is 80.5. The zero-order valence-corrected chi connectivity index (χ0v) is 31.3. The van der Waals surface area contributed by atoms with Gasteiger partial charge in [0, 0.05) is 17.8 Å². The molecule has 0 radical (unpaired) electrons. The third-order valence-electron chi connectivity index (χ3n) is 6.88. The predicted molar refractivity (Wildman–Crippen MR) is 195 cm³/mol. The zero-order chi connectivity index (χ0) is 38.6. The first-order valence-electron chi connectivity index (χ1n) is 16.5. The second-order valence-electron chi connectivity index (χ2n) is 13.7. The van der Waals surface area contributed by atoms with Gasteiger partial charge in [-0.1, -0.05) is 35.3 Å². The fraction of sp³-hybridized carbons (Fsp3) is 0.457. The maximum absolute atomic E-state index is 13.1. The number of hydrogen-bond donors (Lipinski definition) is 5. The van der Waals surface area contributed by atoms with Crippen molar-refractivity contribution in [2.45, 2.75) is 90.6 Å². The molecule has 1 saturated carbocycles. The Labute approximate surface area is 311 Å². The van der Waals surface area contributed by atoms with E-state index in [-0.39, 0.29) is 45.5 Å². The molecule has 2 aromatic carbocycles. The van der Waals surface area contributed by atoms with Gasteiger partial charge in [-0.2, -0.15) is 0 Å². The molecule has 2 aromatic rings. The van der Waals surface area contributed by atoms with Crippen molar-refractivity contribution in [1.82, 2.24) is 21.3 Å². The van der Waals surface area contributed by atoms with E-state index in [1.165, 1.54) is 30.3 Å².